The Hall–Kier alpha value is -1.63. The molecule has 1 aliphatic rings. The number of rotatable bonds is 4. The number of likely N-dealkylation sites (tertiary alicyclic amines) is 1. The van der Waals surface area contributed by atoms with Gasteiger partial charge < -0.3 is 16.0 Å². The van der Waals surface area contributed by atoms with Gasteiger partial charge in [0.15, 0.2) is 5.13 Å². The van der Waals surface area contributed by atoms with Gasteiger partial charge in [0.05, 0.1) is 0 Å². The standard InChI is InChI=1S/C14H22N4O2S/c1-9(2)13(20)18-5-3-10(4-6-18)7-16-12(19)11-8-21-14(15)17-11/h8-10H,3-7H2,1-2H3,(H2,15,17)(H,16,19). The number of nitrogen functional groups attached to an aromatic ring is 1. The topological polar surface area (TPSA) is 88.3 Å². The smallest absolute Gasteiger partial charge is 0.270 e. The molecule has 0 unspecified atom stereocenters. The van der Waals surface area contributed by atoms with E-state index in [4.69, 9.17) is 5.73 Å². The molecule has 1 aromatic heterocycles. The van der Waals surface area contributed by atoms with Gasteiger partial charge in [0.1, 0.15) is 5.69 Å². The van der Waals surface area contributed by atoms with Crippen LogP contribution in [0.3, 0.4) is 0 Å². The summed E-state index contributed by atoms with van der Waals surface area (Å²) < 4.78 is 0. The van der Waals surface area contributed by atoms with E-state index in [1.54, 1.807) is 5.38 Å². The maximum atomic E-state index is 11.9. The maximum Gasteiger partial charge on any atom is 0.270 e. The number of piperidine rings is 1. The van der Waals surface area contributed by atoms with Crippen LogP contribution in [0.2, 0.25) is 0 Å². The molecule has 3 N–H and O–H groups in total. The molecule has 1 aromatic rings. The number of nitrogens with two attached hydrogens (primary N) is 1. The number of aromatic nitrogens is 1. The minimum atomic E-state index is -0.177. The van der Waals surface area contributed by atoms with E-state index in [0.29, 0.717) is 23.3 Å². The molecule has 0 aromatic carbocycles. The van der Waals surface area contributed by atoms with Crippen LogP contribution in [0.5, 0.6) is 0 Å². The minimum absolute atomic E-state index is 0.0522. The Morgan fingerprint density at radius 2 is 2.14 bits per heavy atom. The average molecular weight is 310 g/mol. The van der Waals surface area contributed by atoms with Crippen molar-refractivity contribution in [3.8, 4) is 0 Å². The third kappa shape index (κ3) is 4.17. The number of anilines is 1. The van der Waals surface area contributed by atoms with E-state index in [2.05, 4.69) is 10.3 Å². The lowest BCUT2D eigenvalue weighted by atomic mass is 9.96. The molecule has 2 rings (SSSR count). The van der Waals surface area contributed by atoms with Crippen LogP contribution in [-0.2, 0) is 4.79 Å². The van der Waals surface area contributed by atoms with E-state index in [1.807, 2.05) is 18.7 Å². The van der Waals surface area contributed by atoms with Crippen molar-refractivity contribution in [1.82, 2.24) is 15.2 Å². The van der Waals surface area contributed by atoms with Crippen molar-refractivity contribution in [3.05, 3.63) is 11.1 Å². The number of thiazole rings is 1. The summed E-state index contributed by atoms with van der Waals surface area (Å²) in [6, 6.07) is 0. The second-order valence-electron chi connectivity index (χ2n) is 5.70. The van der Waals surface area contributed by atoms with Gasteiger partial charge in [-0.05, 0) is 18.8 Å². The number of carbonyl (C=O) groups excluding carboxylic acids is 2. The molecule has 116 valence electrons. The predicted octanol–water partition coefficient (Wildman–Crippen LogP) is 1.35. The van der Waals surface area contributed by atoms with Gasteiger partial charge in [-0.1, -0.05) is 13.8 Å². The second kappa shape index (κ2) is 6.89. The zero-order valence-corrected chi connectivity index (χ0v) is 13.3. The Bertz CT molecular complexity index is 507. The van der Waals surface area contributed by atoms with Crippen LogP contribution in [-0.4, -0.2) is 41.3 Å². The normalized spacial score (nSPS) is 16.2. The van der Waals surface area contributed by atoms with Gasteiger partial charge >= 0.3 is 0 Å². The predicted molar refractivity (Wildman–Crippen MR) is 83.0 cm³/mol. The summed E-state index contributed by atoms with van der Waals surface area (Å²) >= 11 is 1.26. The van der Waals surface area contributed by atoms with Crippen LogP contribution in [0.15, 0.2) is 5.38 Å². The highest BCUT2D eigenvalue weighted by Crippen LogP contribution is 2.18. The Labute approximate surface area is 128 Å². The van der Waals surface area contributed by atoms with E-state index in [9.17, 15) is 9.59 Å². The van der Waals surface area contributed by atoms with Crippen molar-refractivity contribution >= 4 is 28.3 Å². The molecule has 7 heteroatoms. The zero-order chi connectivity index (χ0) is 15.4. The third-order valence-electron chi connectivity index (χ3n) is 3.73. The van der Waals surface area contributed by atoms with Gasteiger partial charge in [0.25, 0.3) is 5.91 Å². The highest BCUT2D eigenvalue weighted by Gasteiger charge is 2.24. The van der Waals surface area contributed by atoms with E-state index in [1.165, 1.54) is 11.3 Å². The molecule has 1 fully saturated rings. The first-order valence-corrected chi connectivity index (χ1v) is 8.13. The number of hydrogen-bond acceptors (Lipinski definition) is 5. The highest BCUT2D eigenvalue weighted by molar-refractivity contribution is 7.13. The fraction of sp³-hybridized carbons (Fsp3) is 0.643. The monoisotopic (exact) mass is 310 g/mol. The van der Waals surface area contributed by atoms with Gasteiger partial charge in [-0.2, -0.15) is 0 Å². The molecule has 0 radical (unpaired) electrons. The Morgan fingerprint density at radius 1 is 1.48 bits per heavy atom. The Kier molecular flexibility index (Phi) is 5.17. The molecule has 6 nitrogen and oxygen atoms in total. The molecule has 2 heterocycles. The van der Waals surface area contributed by atoms with Crippen LogP contribution in [0.4, 0.5) is 5.13 Å². The summed E-state index contributed by atoms with van der Waals surface area (Å²) in [5.41, 5.74) is 5.89. The lowest BCUT2D eigenvalue weighted by Gasteiger charge is -2.33. The van der Waals surface area contributed by atoms with E-state index in [0.717, 1.165) is 25.9 Å². The van der Waals surface area contributed by atoms with Crippen molar-refractivity contribution in [1.29, 1.82) is 0 Å². The average Bonchev–Trinajstić information content (AvgIpc) is 2.91. The van der Waals surface area contributed by atoms with E-state index in [-0.39, 0.29) is 17.7 Å². The molecular weight excluding hydrogens is 288 g/mol. The van der Waals surface area contributed by atoms with Crippen LogP contribution in [0.1, 0.15) is 37.2 Å². The molecule has 0 saturated carbocycles. The Morgan fingerprint density at radius 3 is 2.67 bits per heavy atom. The molecule has 0 aliphatic carbocycles. The summed E-state index contributed by atoms with van der Waals surface area (Å²) in [5, 5.41) is 4.96. The van der Waals surface area contributed by atoms with Crippen LogP contribution in [0.25, 0.3) is 0 Å². The van der Waals surface area contributed by atoms with Gasteiger partial charge in [-0.3, -0.25) is 9.59 Å². The minimum Gasteiger partial charge on any atom is -0.375 e. The fourth-order valence-corrected chi connectivity index (χ4v) is 2.99. The van der Waals surface area contributed by atoms with E-state index < -0.39 is 0 Å². The van der Waals surface area contributed by atoms with Crippen LogP contribution >= 0.6 is 11.3 Å². The fourth-order valence-electron chi connectivity index (χ4n) is 2.44. The number of carbonyl (C=O) groups is 2. The first kappa shape index (κ1) is 15.8. The van der Waals surface area contributed by atoms with Crippen LogP contribution in [0, 0.1) is 11.8 Å². The molecule has 0 bridgehead atoms. The summed E-state index contributed by atoms with van der Waals surface area (Å²) in [6.45, 7) is 6.03. The summed E-state index contributed by atoms with van der Waals surface area (Å²) in [5.74, 6) is 0.511. The van der Waals surface area contributed by atoms with Crippen molar-refractivity contribution < 1.29 is 9.59 Å². The molecule has 2 amide bonds. The molecule has 0 atom stereocenters. The number of hydrogen-bond donors (Lipinski definition) is 2. The second-order valence-corrected chi connectivity index (χ2v) is 6.59. The van der Waals surface area contributed by atoms with Gasteiger partial charge in [-0.15, -0.1) is 11.3 Å². The molecule has 1 aliphatic heterocycles. The summed E-state index contributed by atoms with van der Waals surface area (Å²) in [7, 11) is 0. The summed E-state index contributed by atoms with van der Waals surface area (Å²) in [6.07, 6.45) is 1.86. The van der Waals surface area contributed by atoms with Crippen molar-refractivity contribution in [2.45, 2.75) is 26.7 Å². The van der Waals surface area contributed by atoms with E-state index >= 15 is 0 Å². The number of nitrogens with one attached hydrogen (secondary N) is 1. The number of nitrogens with zero attached hydrogens (tertiary/aromatic N) is 2. The molecule has 21 heavy (non-hydrogen) atoms. The molecule has 1 saturated heterocycles. The highest BCUT2D eigenvalue weighted by atomic mass is 32.1. The SMILES string of the molecule is CC(C)C(=O)N1CCC(CNC(=O)c2csc(N)n2)CC1. The van der Waals surface area contributed by atoms with Gasteiger partial charge in [0, 0.05) is 30.9 Å². The third-order valence-corrected chi connectivity index (χ3v) is 4.40. The largest absolute Gasteiger partial charge is 0.375 e. The zero-order valence-electron chi connectivity index (χ0n) is 12.5. The Balaban J connectivity index is 1.74. The quantitative estimate of drug-likeness (QED) is 0.878. The first-order valence-electron chi connectivity index (χ1n) is 7.25. The lowest BCUT2D eigenvalue weighted by Crippen LogP contribution is -2.43. The molecule has 0 spiro atoms. The first-order chi connectivity index (χ1) is 9.97. The van der Waals surface area contributed by atoms with Gasteiger partial charge in [-0.25, -0.2) is 4.98 Å². The van der Waals surface area contributed by atoms with Gasteiger partial charge in [0.2, 0.25) is 5.91 Å². The molecular formula is C14H22N4O2S. The van der Waals surface area contributed by atoms with Crippen molar-refractivity contribution in [2.75, 3.05) is 25.4 Å². The van der Waals surface area contributed by atoms with Crippen LogP contribution < -0.4 is 11.1 Å². The van der Waals surface area contributed by atoms with Crippen molar-refractivity contribution in [2.24, 2.45) is 11.8 Å². The number of amides is 2. The maximum absolute atomic E-state index is 11.9. The summed E-state index contributed by atoms with van der Waals surface area (Å²) in [4.78, 5) is 29.7. The van der Waals surface area contributed by atoms with Crippen molar-refractivity contribution in [3.63, 3.8) is 0 Å². The lowest BCUT2D eigenvalue weighted by molar-refractivity contribution is -0.135.